The van der Waals surface area contributed by atoms with Crippen LogP contribution in [0.15, 0.2) is 77.6 Å². The Hall–Kier alpha value is -3.22. The summed E-state index contributed by atoms with van der Waals surface area (Å²) in [4.78, 5) is 29.0. The Balaban J connectivity index is 1.32. The zero-order valence-corrected chi connectivity index (χ0v) is 20.4. The number of carbonyl (C=O) groups excluding carboxylic acids is 1. The zero-order chi connectivity index (χ0) is 24.8. The van der Waals surface area contributed by atoms with E-state index in [1.54, 1.807) is 31.2 Å². The van der Waals surface area contributed by atoms with Crippen LogP contribution in [0.25, 0.3) is 0 Å². The molecule has 6 heteroatoms. The standard InChI is InChI=1S/C29H34N2O4/c1-31(19-26(35-2)25-9-6-10-27(32)30-25)29(34)23-14-11-20(12-15-23)17-21-13-16-24(18-21)28(33)22-7-4-3-5-8-22/h3-12,14-15,21,24,26,28,33H,13,16-19H2,1-2H3,(H,30,32)/t21-,24-,26?,28+/m0/s1. The van der Waals surface area contributed by atoms with Gasteiger partial charge in [0.2, 0.25) is 5.56 Å². The third kappa shape index (κ3) is 6.27. The molecule has 1 saturated carbocycles. The summed E-state index contributed by atoms with van der Waals surface area (Å²) in [5.41, 5.74) is 3.27. The molecular weight excluding hydrogens is 440 g/mol. The molecule has 1 aliphatic rings. The first kappa shape index (κ1) is 24.9. The van der Waals surface area contributed by atoms with Gasteiger partial charge in [-0.05, 0) is 66.8 Å². The number of benzene rings is 2. The summed E-state index contributed by atoms with van der Waals surface area (Å²) in [6, 6.07) is 22.7. The number of aromatic nitrogens is 1. The third-order valence-corrected chi connectivity index (χ3v) is 7.10. The molecule has 4 atom stereocenters. The summed E-state index contributed by atoms with van der Waals surface area (Å²) in [5.74, 6) is 0.743. The van der Waals surface area contributed by atoms with E-state index in [1.165, 1.54) is 11.6 Å². The van der Waals surface area contributed by atoms with Crippen molar-refractivity contribution in [2.24, 2.45) is 11.8 Å². The van der Waals surface area contributed by atoms with Crippen LogP contribution in [0.2, 0.25) is 0 Å². The van der Waals surface area contributed by atoms with Gasteiger partial charge in [-0.1, -0.05) is 48.5 Å². The van der Waals surface area contributed by atoms with E-state index in [9.17, 15) is 14.7 Å². The highest BCUT2D eigenvalue weighted by Gasteiger charge is 2.30. The molecular formula is C29H34N2O4. The maximum Gasteiger partial charge on any atom is 0.253 e. The average molecular weight is 475 g/mol. The largest absolute Gasteiger partial charge is 0.388 e. The number of pyridine rings is 1. The highest BCUT2D eigenvalue weighted by atomic mass is 16.5. The number of hydrogen-bond acceptors (Lipinski definition) is 4. The fraction of sp³-hybridized carbons (Fsp3) is 0.379. The number of methoxy groups -OCH3 is 1. The van der Waals surface area contributed by atoms with Crippen molar-refractivity contribution in [3.63, 3.8) is 0 Å². The number of hydrogen-bond donors (Lipinski definition) is 2. The molecule has 35 heavy (non-hydrogen) atoms. The quantitative estimate of drug-likeness (QED) is 0.477. The van der Waals surface area contributed by atoms with Crippen molar-refractivity contribution in [3.8, 4) is 0 Å². The van der Waals surface area contributed by atoms with Crippen molar-refractivity contribution in [2.75, 3.05) is 20.7 Å². The first-order valence-corrected chi connectivity index (χ1v) is 12.2. The summed E-state index contributed by atoms with van der Waals surface area (Å²) in [6.07, 6.45) is 3.29. The summed E-state index contributed by atoms with van der Waals surface area (Å²) >= 11 is 0. The Morgan fingerprint density at radius 2 is 1.80 bits per heavy atom. The molecule has 0 aliphatic heterocycles. The number of amides is 1. The Kier molecular flexibility index (Phi) is 8.16. The van der Waals surface area contributed by atoms with E-state index in [1.807, 2.05) is 54.6 Å². The smallest absolute Gasteiger partial charge is 0.253 e. The van der Waals surface area contributed by atoms with Gasteiger partial charge in [-0.25, -0.2) is 0 Å². The Bertz CT molecular complexity index is 1160. The first-order chi connectivity index (χ1) is 16.9. The summed E-state index contributed by atoms with van der Waals surface area (Å²) < 4.78 is 5.51. The predicted molar refractivity (Wildman–Crippen MR) is 136 cm³/mol. The molecule has 1 amide bonds. The second-order valence-electron chi connectivity index (χ2n) is 9.58. The molecule has 0 saturated heterocycles. The number of aliphatic hydroxyl groups is 1. The SMILES string of the molecule is COC(CN(C)C(=O)c1ccc(C[C@@H]2CC[C@H]([C@H](O)c3ccccc3)C2)cc1)c1cccc(=O)[nH]1. The van der Waals surface area contributed by atoms with Gasteiger partial charge in [0.25, 0.3) is 5.91 Å². The van der Waals surface area contributed by atoms with E-state index in [0.717, 1.165) is 31.2 Å². The fourth-order valence-electron chi connectivity index (χ4n) is 5.13. The molecule has 3 aromatic rings. The van der Waals surface area contributed by atoms with Gasteiger partial charge in [0.05, 0.1) is 12.6 Å². The summed E-state index contributed by atoms with van der Waals surface area (Å²) in [5, 5.41) is 10.8. The Labute approximate surface area is 206 Å². The van der Waals surface area contributed by atoms with Gasteiger partial charge in [0.15, 0.2) is 0 Å². The number of H-pyrrole nitrogens is 1. The van der Waals surface area contributed by atoms with Crippen LogP contribution >= 0.6 is 0 Å². The van der Waals surface area contributed by atoms with Crippen molar-refractivity contribution in [3.05, 3.63) is 106 Å². The molecule has 1 fully saturated rings. The van der Waals surface area contributed by atoms with Crippen molar-refractivity contribution in [2.45, 2.75) is 37.9 Å². The van der Waals surface area contributed by atoms with Crippen LogP contribution < -0.4 is 5.56 Å². The van der Waals surface area contributed by atoms with Crippen LogP contribution in [0.4, 0.5) is 0 Å². The van der Waals surface area contributed by atoms with Gasteiger partial charge in [-0.15, -0.1) is 0 Å². The number of ether oxygens (including phenoxy) is 1. The van der Waals surface area contributed by atoms with Crippen LogP contribution in [-0.2, 0) is 11.2 Å². The molecule has 184 valence electrons. The molecule has 2 N–H and O–H groups in total. The summed E-state index contributed by atoms with van der Waals surface area (Å²) in [7, 11) is 3.30. The predicted octanol–water partition coefficient (Wildman–Crippen LogP) is 4.53. The lowest BCUT2D eigenvalue weighted by molar-refractivity contribution is 0.0524. The van der Waals surface area contributed by atoms with Crippen molar-refractivity contribution in [1.29, 1.82) is 0 Å². The van der Waals surface area contributed by atoms with Crippen LogP contribution in [0, 0.1) is 11.8 Å². The highest BCUT2D eigenvalue weighted by molar-refractivity contribution is 5.94. The van der Waals surface area contributed by atoms with Crippen LogP contribution in [-0.4, -0.2) is 41.6 Å². The number of rotatable bonds is 9. The molecule has 1 unspecified atom stereocenters. The monoisotopic (exact) mass is 474 g/mol. The lowest BCUT2D eigenvalue weighted by Crippen LogP contribution is -2.32. The second-order valence-corrected chi connectivity index (χ2v) is 9.58. The molecule has 0 radical (unpaired) electrons. The zero-order valence-electron chi connectivity index (χ0n) is 20.4. The van der Waals surface area contributed by atoms with Crippen LogP contribution in [0.5, 0.6) is 0 Å². The van der Waals surface area contributed by atoms with Crippen LogP contribution in [0.3, 0.4) is 0 Å². The third-order valence-electron chi connectivity index (χ3n) is 7.10. The molecule has 6 nitrogen and oxygen atoms in total. The lowest BCUT2D eigenvalue weighted by Gasteiger charge is -2.23. The van der Waals surface area contributed by atoms with E-state index in [-0.39, 0.29) is 11.5 Å². The topological polar surface area (TPSA) is 82.6 Å². The molecule has 2 aromatic carbocycles. The van der Waals surface area contributed by atoms with Gasteiger partial charge < -0.3 is 19.7 Å². The van der Waals surface area contributed by atoms with Gasteiger partial charge >= 0.3 is 0 Å². The second kappa shape index (κ2) is 11.5. The van der Waals surface area contributed by atoms with E-state index in [4.69, 9.17) is 4.74 Å². The van der Waals surface area contributed by atoms with Crippen LogP contribution in [0.1, 0.15) is 58.6 Å². The van der Waals surface area contributed by atoms with Crippen molar-refractivity contribution in [1.82, 2.24) is 9.88 Å². The van der Waals surface area contributed by atoms with Crippen molar-refractivity contribution < 1.29 is 14.6 Å². The van der Waals surface area contributed by atoms with Gasteiger partial charge in [-0.3, -0.25) is 9.59 Å². The van der Waals surface area contributed by atoms with Crippen molar-refractivity contribution >= 4 is 5.91 Å². The molecule has 0 bridgehead atoms. The lowest BCUT2D eigenvalue weighted by atomic mass is 9.91. The number of aliphatic hydroxyl groups excluding tert-OH is 1. The minimum absolute atomic E-state index is 0.0937. The maximum absolute atomic E-state index is 13.0. The molecule has 1 aliphatic carbocycles. The minimum Gasteiger partial charge on any atom is -0.388 e. The first-order valence-electron chi connectivity index (χ1n) is 12.2. The molecule has 1 heterocycles. The maximum atomic E-state index is 13.0. The van der Waals surface area contributed by atoms with E-state index in [0.29, 0.717) is 29.6 Å². The number of aromatic amines is 1. The average Bonchev–Trinajstić information content (AvgIpc) is 3.35. The van der Waals surface area contributed by atoms with E-state index < -0.39 is 12.2 Å². The molecule has 0 spiro atoms. The number of nitrogens with zero attached hydrogens (tertiary/aromatic N) is 1. The summed E-state index contributed by atoms with van der Waals surface area (Å²) in [6.45, 7) is 0.324. The number of nitrogens with one attached hydrogen (secondary N) is 1. The van der Waals surface area contributed by atoms with Gasteiger partial charge in [0.1, 0.15) is 6.10 Å². The minimum atomic E-state index is -0.418. The Morgan fingerprint density at radius 3 is 2.49 bits per heavy atom. The molecule has 1 aromatic heterocycles. The highest BCUT2D eigenvalue weighted by Crippen LogP contribution is 2.40. The van der Waals surface area contributed by atoms with E-state index >= 15 is 0 Å². The van der Waals surface area contributed by atoms with E-state index in [2.05, 4.69) is 4.98 Å². The normalized spacial score (nSPS) is 19.3. The Morgan fingerprint density at radius 1 is 1.06 bits per heavy atom. The fourth-order valence-corrected chi connectivity index (χ4v) is 5.13. The number of carbonyl (C=O) groups is 1. The van der Waals surface area contributed by atoms with Gasteiger partial charge in [-0.2, -0.15) is 0 Å². The molecule has 4 rings (SSSR count). The van der Waals surface area contributed by atoms with Gasteiger partial charge in [0, 0.05) is 31.5 Å². The number of likely N-dealkylation sites (N-methyl/N-ethyl adjacent to an activating group) is 1.